The van der Waals surface area contributed by atoms with Crippen molar-refractivity contribution in [2.45, 2.75) is 13.5 Å². The number of furan rings is 1. The maximum absolute atomic E-state index is 12.0. The molecule has 4 nitrogen and oxygen atoms in total. The molecule has 0 bridgehead atoms. The van der Waals surface area contributed by atoms with Gasteiger partial charge in [-0.2, -0.15) is 0 Å². The van der Waals surface area contributed by atoms with Gasteiger partial charge in [0.05, 0.1) is 11.8 Å². The van der Waals surface area contributed by atoms with E-state index in [9.17, 15) is 4.79 Å². The standard InChI is InChI=1S/C19H17NO3/c1-14-6-2-4-8-17(14)23-18-9-5-3-7-15(18)12-20-19(21)16-10-11-22-13-16/h2-11,13H,12H2,1H3,(H,20,21). The first-order chi connectivity index (χ1) is 11.2. The van der Waals surface area contributed by atoms with Gasteiger partial charge in [-0.25, -0.2) is 0 Å². The predicted octanol–water partition coefficient (Wildman–Crippen LogP) is 4.31. The van der Waals surface area contributed by atoms with Gasteiger partial charge in [-0.3, -0.25) is 4.79 Å². The highest BCUT2D eigenvalue weighted by Gasteiger charge is 2.10. The van der Waals surface area contributed by atoms with Crippen LogP contribution in [0.2, 0.25) is 0 Å². The lowest BCUT2D eigenvalue weighted by molar-refractivity contribution is 0.0950. The van der Waals surface area contributed by atoms with Crippen molar-refractivity contribution in [3.8, 4) is 11.5 Å². The Labute approximate surface area is 134 Å². The van der Waals surface area contributed by atoms with Crippen molar-refractivity contribution < 1.29 is 13.9 Å². The fraction of sp³-hybridized carbons (Fsp3) is 0.105. The van der Waals surface area contributed by atoms with E-state index in [-0.39, 0.29) is 5.91 Å². The Hall–Kier alpha value is -3.01. The first-order valence-corrected chi connectivity index (χ1v) is 7.36. The molecule has 0 aliphatic heterocycles. The topological polar surface area (TPSA) is 51.5 Å². The van der Waals surface area contributed by atoms with Crippen LogP contribution in [0.1, 0.15) is 21.5 Å². The molecule has 0 radical (unpaired) electrons. The second kappa shape index (κ2) is 6.83. The zero-order valence-corrected chi connectivity index (χ0v) is 12.8. The molecule has 0 saturated heterocycles. The number of rotatable bonds is 5. The number of nitrogens with one attached hydrogen (secondary N) is 1. The van der Waals surface area contributed by atoms with Crippen molar-refractivity contribution in [3.05, 3.63) is 83.8 Å². The van der Waals surface area contributed by atoms with E-state index in [0.29, 0.717) is 12.1 Å². The molecule has 4 heteroatoms. The van der Waals surface area contributed by atoms with Crippen LogP contribution in [0.3, 0.4) is 0 Å². The summed E-state index contributed by atoms with van der Waals surface area (Å²) in [5.74, 6) is 1.36. The Balaban J connectivity index is 1.73. The monoisotopic (exact) mass is 307 g/mol. The fourth-order valence-corrected chi connectivity index (χ4v) is 2.21. The molecule has 1 aromatic heterocycles. The highest BCUT2D eigenvalue weighted by Crippen LogP contribution is 2.27. The zero-order valence-electron chi connectivity index (χ0n) is 12.8. The lowest BCUT2D eigenvalue weighted by atomic mass is 10.2. The molecule has 0 aliphatic rings. The predicted molar refractivity (Wildman–Crippen MR) is 87.6 cm³/mol. The second-order valence-electron chi connectivity index (χ2n) is 5.17. The molecule has 116 valence electrons. The summed E-state index contributed by atoms with van der Waals surface area (Å²) in [6.45, 7) is 2.38. The molecule has 0 unspecified atom stereocenters. The molecule has 3 aromatic rings. The van der Waals surface area contributed by atoms with E-state index in [1.54, 1.807) is 6.07 Å². The van der Waals surface area contributed by atoms with Gasteiger partial charge in [-0.05, 0) is 30.7 Å². The summed E-state index contributed by atoms with van der Waals surface area (Å²) in [6, 6.07) is 17.1. The molecule has 1 amide bonds. The van der Waals surface area contributed by atoms with Gasteiger partial charge < -0.3 is 14.5 Å². The zero-order chi connectivity index (χ0) is 16.1. The number of aryl methyl sites for hydroxylation is 1. The van der Waals surface area contributed by atoms with Crippen LogP contribution in [0.5, 0.6) is 11.5 Å². The summed E-state index contributed by atoms with van der Waals surface area (Å²) in [6.07, 6.45) is 2.90. The van der Waals surface area contributed by atoms with Crippen LogP contribution in [0, 0.1) is 6.92 Å². The van der Waals surface area contributed by atoms with Crippen LogP contribution in [0.4, 0.5) is 0 Å². The maximum Gasteiger partial charge on any atom is 0.254 e. The van der Waals surface area contributed by atoms with Crippen molar-refractivity contribution in [3.63, 3.8) is 0 Å². The minimum absolute atomic E-state index is 0.176. The second-order valence-corrected chi connectivity index (χ2v) is 5.17. The summed E-state index contributed by atoms with van der Waals surface area (Å²) in [5.41, 5.74) is 2.47. The van der Waals surface area contributed by atoms with Gasteiger partial charge in [-0.15, -0.1) is 0 Å². The Kier molecular flexibility index (Phi) is 4.43. The number of hydrogen-bond acceptors (Lipinski definition) is 3. The van der Waals surface area contributed by atoms with Crippen LogP contribution < -0.4 is 10.1 Å². The fourth-order valence-electron chi connectivity index (χ4n) is 2.21. The number of carbonyl (C=O) groups excluding carboxylic acids is 1. The van der Waals surface area contributed by atoms with E-state index in [1.165, 1.54) is 12.5 Å². The number of para-hydroxylation sites is 2. The Morgan fingerprint density at radius 2 is 1.78 bits per heavy atom. The van der Waals surface area contributed by atoms with Crippen LogP contribution >= 0.6 is 0 Å². The van der Waals surface area contributed by atoms with Gasteiger partial charge in [0.15, 0.2) is 0 Å². The van der Waals surface area contributed by atoms with Crippen LogP contribution in [0.15, 0.2) is 71.5 Å². The Morgan fingerprint density at radius 1 is 1.04 bits per heavy atom. The van der Waals surface area contributed by atoms with E-state index in [0.717, 1.165) is 22.6 Å². The van der Waals surface area contributed by atoms with Crippen LogP contribution in [-0.4, -0.2) is 5.91 Å². The van der Waals surface area contributed by atoms with E-state index >= 15 is 0 Å². The van der Waals surface area contributed by atoms with Gasteiger partial charge in [-0.1, -0.05) is 36.4 Å². The van der Waals surface area contributed by atoms with Gasteiger partial charge in [0.1, 0.15) is 17.8 Å². The Morgan fingerprint density at radius 3 is 2.52 bits per heavy atom. The molecular weight excluding hydrogens is 290 g/mol. The molecule has 23 heavy (non-hydrogen) atoms. The van der Waals surface area contributed by atoms with Crippen LogP contribution in [-0.2, 0) is 6.54 Å². The van der Waals surface area contributed by atoms with Crippen molar-refractivity contribution >= 4 is 5.91 Å². The average molecular weight is 307 g/mol. The number of carbonyl (C=O) groups is 1. The SMILES string of the molecule is Cc1ccccc1Oc1ccccc1CNC(=O)c1ccoc1. The third-order valence-corrected chi connectivity index (χ3v) is 3.51. The molecule has 1 heterocycles. The summed E-state index contributed by atoms with van der Waals surface area (Å²) < 4.78 is 10.9. The molecular formula is C19H17NO3. The molecule has 0 atom stereocenters. The highest BCUT2D eigenvalue weighted by molar-refractivity contribution is 5.93. The molecule has 0 spiro atoms. The quantitative estimate of drug-likeness (QED) is 0.764. The summed E-state index contributed by atoms with van der Waals surface area (Å²) in [7, 11) is 0. The maximum atomic E-state index is 12.0. The van der Waals surface area contributed by atoms with E-state index < -0.39 is 0 Å². The minimum atomic E-state index is -0.176. The largest absolute Gasteiger partial charge is 0.472 e. The molecule has 0 saturated carbocycles. The van der Waals surface area contributed by atoms with E-state index in [1.807, 2.05) is 55.5 Å². The van der Waals surface area contributed by atoms with Crippen molar-refractivity contribution in [2.24, 2.45) is 0 Å². The van der Waals surface area contributed by atoms with E-state index in [4.69, 9.17) is 9.15 Å². The van der Waals surface area contributed by atoms with Crippen molar-refractivity contribution in [1.29, 1.82) is 0 Å². The molecule has 0 fully saturated rings. The smallest absolute Gasteiger partial charge is 0.254 e. The lowest BCUT2D eigenvalue weighted by Crippen LogP contribution is -2.22. The summed E-state index contributed by atoms with van der Waals surface area (Å²) in [4.78, 5) is 12.0. The van der Waals surface area contributed by atoms with E-state index in [2.05, 4.69) is 5.32 Å². The number of benzene rings is 2. The minimum Gasteiger partial charge on any atom is -0.472 e. The summed E-state index contributed by atoms with van der Waals surface area (Å²) >= 11 is 0. The first kappa shape index (κ1) is 14.9. The van der Waals surface area contributed by atoms with Crippen molar-refractivity contribution in [1.82, 2.24) is 5.32 Å². The summed E-state index contributed by atoms with van der Waals surface area (Å²) in [5, 5.41) is 2.86. The van der Waals surface area contributed by atoms with Gasteiger partial charge in [0.25, 0.3) is 5.91 Å². The van der Waals surface area contributed by atoms with Gasteiger partial charge >= 0.3 is 0 Å². The number of hydrogen-bond donors (Lipinski definition) is 1. The molecule has 0 aliphatic carbocycles. The Bertz CT molecular complexity index is 794. The molecule has 2 aromatic carbocycles. The normalized spacial score (nSPS) is 10.3. The van der Waals surface area contributed by atoms with Gasteiger partial charge in [0.2, 0.25) is 0 Å². The third-order valence-electron chi connectivity index (χ3n) is 3.51. The molecule has 3 rings (SSSR count). The lowest BCUT2D eigenvalue weighted by Gasteiger charge is -2.13. The highest BCUT2D eigenvalue weighted by atomic mass is 16.5. The number of ether oxygens (including phenoxy) is 1. The molecule has 1 N–H and O–H groups in total. The third kappa shape index (κ3) is 3.61. The van der Waals surface area contributed by atoms with Gasteiger partial charge in [0, 0.05) is 12.1 Å². The van der Waals surface area contributed by atoms with Crippen molar-refractivity contribution in [2.75, 3.05) is 0 Å². The number of amides is 1. The van der Waals surface area contributed by atoms with Crippen LogP contribution in [0.25, 0.3) is 0 Å². The average Bonchev–Trinajstić information content (AvgIpc) is 3.10. The first-order valence-electron chi connectivity index (χ1n) is 7.36.